The molecule has 3 aromatic rings. The van der Waals surface area contributed by atoms with Crippen LogP contribution in [0.1, 0.15) is 43.2 Å². The Morgan fingerprint density at radius 1 is 1.24 bits per heavy atom. The number of hydrogen-bond donors (Lipinski definition) is 2. The second-order valence-corrected chi connectivity index (χ2v) is 12.9. The van der Waals surface area contributed by atoms with Gasteiger partial charge in [-0.3, -0.25) is 9.69 Å². The van der Waals surface area contributed by atoms with E-state index in [1.165, 1.54) is 5.56 Å². The molecule has 0 radical (unpaired) electrons. The fourth-order valence-corrected chi connectivity index (χ4v) is 7.92. The maximum absolute atomic E-state index is 13.0. The predicted octanol–water partition coefficient (Wildman–Crippen LogP) is 4.44. The summed E-state index contributed by atoms with van der Waals surface area (Å²) < 4.78 is 0.986. The summed E-state index contributed by atoms with van der Waals surface area (Å²) in [4.78, 5) is 27.4. The topological polar surface area (TPSA) is 81.6 Å². The molecule has 1 aromatic carbocycles. The van der Waals surface area contributed by atoms with E-state index in [1.807, 2.05) is 18.2 Å². The monoisotopic (exact) mass is 539 g/mol. The minimum atomic E-state index is -0.726. The Hall–Kier alpha value is -2.10. The zero-order valence-corrected chi connectivity index (χ0v) is 23.4. The van der Waals surface area contributed by atoms with Crippen LogP contribution in [-0.2, 0) is 17.9 Å². The van der Waals surface area contributed by atoms with Gasteiger partial charge in [-0.15, -0.1) is 11.3 Å². The number of piperazine rings is 1. The quantitative estimate of drug-likeness (QED) is 0.482. The van der Waals surface area contributed by atoms with Gasteiger partial charge in [0.1, 0.15) is 12.6 Å². The number of nitrogens with one attached hydrogen (secondary N) is 1. The normalized spacial score (nSPS) is 27.2. The minimum Gasteiger partial charge on any atom is -0.373 e. The highest BCUT2D eigenvalue weighted by Crippen LogP contribution is 2.65. The molecule has 2 aliphatic heterocycles. The van der Waals surface area contributed by atoms with Crippen molar-refractivity contribution in [2.75, 3.05) is 19.6 Å². The van der Waals surface area contributed by atoms with Gasteiger partial charge in [-0.1, -0.05) is 32.4 Å². The van der Waals surface area contributed by atoms with Crippen LogP contribution in [0.4, 0.5) is 0 Å². The number of hydrogen-bond acceptors (Lipinski definition) is 7. The van der Waals surface area contributed by atoms with Crippen LogP contribution in [0.2, 0.25) is 5.02 Å². The number of halogens is 1. The standard InChI is InChI=1S/C28H34ClN5O2S/c1-5-17-11-30-6-7-33(17)13-20-15(2)8-16(29)9-19(20)24-25-21(31-14-32-24)10-18(37-25)12-34-26(35)22-23(27(34)36)28(22,3)4/h8-10,14,17,22-23,26,30,35H,5-7,11-13H2,1-4H3/t17-,22?,23?,26?/m0/s1. The van der Waals surface area contributed by atoms with Crippen LogP contribution in [0, 0.1) is 24.2 Å². The molecule has 7 nitrogen and oxygen atoms in total. The smallest absolute Gasteiger partial charge is 0.229 e. The minimum absolute atomic E-state index is 0.0265. The van der Waals surface area contributed by atoms with Crippen LogP contribution in [-0.4, -0.2) is 62.7 Å². The van der Waals surface area contributed by atoms with Gasteiger partial charge in [0.15, 0.2) is 0 Å². The number of amides is 1. The first-order valence-electron chi connectivity index (χ1n) is 13.2. The molecule has 1 amide bonds. The van der Waals surface area contributed by atoms with E-state index < -0.39 is 6.23 Å². The van der Waals surface area contributed by atoms with E-state index in [4.69, 9.17) is 16.6 Å². The van der Waals surface area contributed by atoms with E-state index in [0.29, 0.717) is 17.6 Å². The van der Waals surface area contributed by atoms with Gasteiger partial charge in [-0.05, 0) is 48.1 Å². The molecule has 1 saturated carbocycles. The summed E-state index contributed by atoms with van der Waals surface area (Å²) in [6.07, 6.45) is 1.98. The van der Waals surface area contributed by atoms with Gasteiger partial charge < -0.3 is 15.3 Å². The average molecular weight is 540 g/mol. The van der Waals surface area contributed by atoms with Crippen LogP contribution >= 0.6 is 22.9 Å². The Balaban J connectivity index is 1.35. The number of aliphatic hydroxyl groups excluding tert-OH is 1. The summed E-state index contributed by atoms with van der Waals surface area (Å²) in [7, 11) is 0. The Morgan fingerprint density at radius 3 is 2.78 bits per heavy atom. The number of fused-ring (bicyclic) bond motifs is 2. The summed E-state index contributed by atoms with van der Waals surface area (Å²) in [5.41, 5.74) is 5.07. The molecule has 0 bridgehead atoms. The number of thiophene rings is 1. The first-order chi connectivity index (χ1) is 17.7. The fraction of sp³-hybridized carbons (Fsp3) is 0.536. The lowest BCUT2D eigenvalue weighted by atomic mass is 9.97. The molecule has 3 unspecified atom stereocenters. The molecule has 1 aliphatic carbocycles. The number of carbonyl (C=O) groups is 1. The maximum atomic E-state index is 13.0. The molecule has 9 heteroatoms. The highest BCUT2D eigenvalue weighted by molar-refractivity contribution is 7.19. The molecule has 2 aromatic heterocycles. The van der Waals surface area contributed by atoms with E-state index in [9.17, 15) is 9.90 Å². The van der Waals surface area contributed by atoms with E-state index in [0.717, 1.165) is 64.5 Å². The number of nitrogens with zero attached hydrogens (tertiary/aromatic N) is 4. The van der Waals surface area contributed by atoms with Crippen LogP contribution in [0.5, 0.6) is 0 Å². The number of aliphatic hydroxyl groups is 1. The molecule has 0 spiro atoms. The Bertz CT molecular complexity index is 1370. The Kier molecular flexibility index (Phi) is 6.31. The van der Waals surface area contributed by atoms with Crippen molar-refractivity contribution in [1.29, 1.82) is 0 Å². The lowest BCUT2D eigenvalue weighted by Crippen LogP contribution is -2.50. The summed E-state index contributed by atoms with van der Waals surface area (Å²) in [6, 6.07) is 6.59. The van der Waals surface area contributed by atoms with Gasteiger partial charge >= 0.3 is 0 Å². The van der Waals surface area contributed by atoms with Crippen molar-refractivity contribution < 1.29 is 9.90 Å². The largest absolute Gasteiger partial charge is 0.373 e. The molecule has 196 valence electrons. The molecular formula is C28H34ClN5O2S. The van der Waals surface area contributed by atoms with Gasteiger partial charge in [0.2, 0.25) is 5.91 Å². The summed E-state index contributed by atoms with van der Waals surface area (Å²) >= 11 is 8.18. The second-order valence-electron chi connectivity index (χ2n) is 11.3. The van der Waals surface area contributed by atoms with E-state index in [-0.39, 0.29) is 23.2 Å². The van der Waals surface area contributed by atoms with Crippen molar-refractivity contribution in [1.82, 2.24) is 25.1 Å². The van der Waals surface area contributed by atoms with Crippen molar-refractivity contribution >= 4 is 39.1 Å². The molecule has 37 heavy (non-hydrogen) atoms. The third-order valence-electron chi connectivity index (χ3n) is 8.79. The zero-order valence-electron chi connectivity index (χ0n) is 21.8. The summed E-state index contributed by atoms with van der Waals surface area (Å²) in [6.45, 7) is 12.7. The molecule has 4 heterocycles. The van der Waals surface area contributed by atoms with Crippen molar-refractivity contribution in [2.24, 2.45) is 17.3 Å². The number of aryl methyl sites for hydroxylation is 1. The molecule has 2 N–H and O–H groups in total. The van der Waals surface area contributed by atoms with Crippen LogP contribution in [0.3, 0.4) is 0 Å². The van der Waals surface area contributed by atoms with E-state index in [2.05, 4.69) is 42.9 Å². The van der Waals surface area contributed by atoms with Gasteiger partial charge in [0.25, 0.3) is 0 Å². The van der Waals surface area contributed by atoms with Crippen molar-refractivity contribution in [3.05, 3.63) is 45.6 Å². The first kappa shape index (κ1) is 25.2. The third kappa shape index (κ3) is 4.17. The SMILES string of the molecule is CC[C@H]1CNCCN1Cc1c(C)cc(Cl)cc1-c1ncnc2cc(CN3C(=O)C4C(C3O)C4(C)C)sc12. The number of benzene rings is 1. The zero-order chi connectivity index (χ0) is 26.1. The molecule has 3 fully saturated rings. The second kappa shape index (κ2) is 9.27. The lowest BCUT2D eigenvalue weighted by molar-refractivity contribution is -0.140. The fourth-order valence-electron chi connectivity index (χ4n) is 6.53. The molecule has 2 saturated heterocycles. The molecule has 4 atom stereocenters. The van der Waals surface area contributed by atoms with Crippen molar-refractivity contribution in [2.45, 2.75) is 59.5 Å². The van der Waals surface area contributed by atoms with Crippen molar-refractivity contribution in [3.63, 3.8) is 0 Å². The molecule has 3 aliphatic rings. The van der Waals surface area contributed by atoms with Crippen molar-refractivity contribution in [3.8, 4) is 11.3 Å². The lowest BCUT2D eigenvalue weighted by Gasteiger charge is -2.36. The highest BCUT2D eigenvalue weighted by atomic mass is 35.5. The number of likely N-dealkylation sites (tertiary alicyclic amines) is 1. The summed E-state index contributed by atoms with van der Waals surface area (Å²) in [5.74, 6) is 0.0142. The van der Waals surface area contributed by atoms with E-state index >= 15 is 0 Å². The first-order valence-corrected chi connectivity index (χ1v) is 14.4. The van der Waals surface area contributed by atoms with Gasteiger partial charge in [0.05, 0.1) is 28.4 Å². The Morgan fingerprint density at radius 2 is 2.05 bits per heavy atom. The van der Waals surface area contributed by atoms with E-state index in [1.54, 1.807) is 22.6 Å². The predicted molar refractivity (Wildman–Crippen MR) is 147 cm³/mol. The highest BCUT2D eigenvalue weighted by Gasteiger charge is 2.71. The van der Waals surface area contributed by atoms with Gasteiger partial charge in [0, 0.05) is 53.6 Å². The van der Waals surface area contributed by atoms with Gasteiger partial charge in [-0.2, -0.15) is 0 Å². The van der Waals surface area contributed by atoms with Gasteiger partial charge in [-0.25, -0.2) is 9.97 Å². The molecular weight excluding hydrogens is 506 g/mol. The molecule has 6 rings (SSSR count). The number of carbonyl (C=O) groups excluding carboxylic acids is 1. The maximum Gasteiger partial charge on any atom is 0.229 e. The number of piperidine rings is 1. The summed E-state index contributed by atoms with van der Waals surface area (Å²) in [5, 5.41) is 15.0. The average Bonchev–Trinajstić information content (AvgIpc) is 3.11. The Labute approximate surface area is 226 Å². The van der Waals surface area contributed by atoms with Crippen LogP contribution in [0.15, 0.2) is 24.5 Å². The third-order valence-corrected chi connectivity index (χ3v) is 10.1. The number of aromatic nitrogens is 2. The van der Waals surface area contributed by atoms with Crippen LogP contribution in [0.25, 0.3) is 21.5 Å². The van der Waals surface area contributed by atoms with Crippen LogP contribution < -0.4 is 5.32 Å². The number of rotatable bonds is 6.